The summed E-state index contributed by atoms with van der Waals surface area (Å²) in [4.78, 5) is 11.4. The SMILES string of the molecule is C=CCNC[C@]1(N)CC2=C(c3ccn(C(F)F)n3)[C@H](c3ccc(F)cc3Cl)N=C(c3nccs3)N2C1. The van der Waals surface area contributed by atoms with Crippen molar-refractivity contribution in [3.05, 3.63) is 87.5 Å². The fraction of sp³-hybridized carbons (Fsp3) is 0.292. The van der Waals surface area contributed by atoms with Crippen LogP contribution < -0.4 is 11.1 Å². The van der Waals surface area contributed by atoms with Gasteiger partial charge in [0.2, 0.25) is 0 Å². The van der Waals surface area contributed by atoms with Crippen molar-refractivity contribution < 1.29 is 13.2 Å². The second-order valence-corrected chi connectivity index (χ2v) is 10.0. The van der Waals surface area contributed by atoms with Crippen molar-refractivity contribution in [2.24, 2.45) is 10.7 Å². The average molecular weight is 534 g/mol. The molecular weight excluding hydrogens is 511 g/mol. The first kappa shape index (κ1) is 24.7. The van der Waals surface area contributed by atoms with Gasteiger partial charge in [0.15, 0.2) is 10.8 Å². The molecule has 1 fully saturated rings. The number of benzene rings is 1. The van der Waals surface area contributed by atoms with Gasteiger partial charge < -0.3 is 16.0 Å². The summed E-state index contributed by atoms with van der Waals surface area (Å²) in [6, 6.07) is 4.86. The number of thiazole rings is 1. The van der Waals surface area contributed by atoms with E-state index < -0.39 is 23.9 Å². The van der Waals surface area contributed by atoms with Gasteiger partial charge >= 0.3 is 6.55 Å². The van der Waals surface area contributed by atoms with Gasteiger partial charge in [-0.2, -0.15) is 13.9 Å². The Kier molecular flexibility index (Phi) is 6.73. The topological polar surface area (TPSA) is 84.4 Å². The number of alkyl halides is 2. The predicted octanol–water partition coefficient (Wildman–Crippen LogP) is 4.62. The molecule has 0 spiro atoms. The Bertz CT molecular complexity index is 1340. The van der Waals surface area contributed by atoms with Crippen LogP contribution in [-0.4, -0.2) is 50.7 Å². The number of aliphatic imine (C=N–C) groups is 1. The van der Waals surface area contributed by atoms with E-state index in [1.807, 2.05) is 10.3 Å². The van der Waals surface area contributed by atoms with Crippen LogP contribution >= 0.6 is 22.9 Å². The number of amidine groups is 1. The molecular formula is C24H23ClF3N7S. The van der Waals surface area contributed by atoms with Gasteiger partial charge in [0.05, 0.1) is 11.2 Å². The summed E-state index contributed by atoms with van der Waals surface area (Å²) in [7, 11) is 0. The fourth-order valence-electron chi connectivity index (χ4n) is 4.63. The van der Waals surface area contributed by atoms with E-state index in [0.29, 0.717) is 58.4 Å². The molecule has 2 aliphatic rings. The standard InChI is InChI=1S/C24H23ClF3N7S/c1-2-6-30-12-24(29)11-18-19(17-5-8-35(33-17)23(27)28)20(15-4-3-14(26)10-16(15)25)32-21(34(18)13-24)22-31-7-9-36-22/h2-5,7-10,20,23,30H,1,6,11-13,29H2/t20-,24+/m0/s1. The predicted molar refractivity (Wildman–Crippen MR) is 135 cm³/mol. The third-order valence-corrected chi connectivity index (χ3v) is 7.24. The van der Waals surface area contributed by atoms with Crippen LogP contribution in [0.1, 0.15) is 35.3 Å². The Morgan fingerprint density at radius 2 is 2.19 bits per heavy atom. The first-order chi connectivity index (χ1) is 17.3. The molecule has 1 aromatic carbocycles. The van der Waals surface area contributed by atoms with E-state index in [9.17, 15) is 13.2 Å². The highest BCUT2D eigenvalue weighted by Gasteiger charge is 2.46. The minimum absolute atomic E-state index is 0.173. The second kappa shape index (κ2) is 9.81. The first-order valence-corrected chi connectivity index (χ1v) is 12.4. The minimum atomic E-state index is -2.80. The number of hydrogen-bond donors (Lipinski definition) is 2. The zero-order valence-corrected chi connectivity index (χ0v) is 20.6. The van der Waals surface area contributed by atoms with E-state index in [0.717, 1.165) is 5.70 Å². The van der Waals surface area contributed by atoms with Crippen LogP contribution in [0.4, 0.5) is 13.2 Å². The average Bonchev–Trinajstić information content (AvgIpc) is 3.58. The lowest BCUT2D eigenvalue weighted by Crippen LogP contribution is -2.51. The van der Waals surface area contributed by atoms with Crippen molar-refractivity contribution in [3.8, 4) is 0 Å². The number of aromatic nitrogens is 3. The highest BCUT2D eigenvalue weighted by Crippen LogP contribution is 2.47. The molecule has 36 heavy (non-hydrogen) atoms. The zero-order chi connectivity index (χ0) is 25.4. The van der Waals surface area contributed by atoms with Gasteiger partial charge in [0.25, 0.3) is 0 Å². The maximum atomic E-state index is 13.9. The van der Waals surface area contributed by atoms with E-state index >= 15 is 0 Å². The van der Waals surface area contributed by atoms with Crippen LogP contribution in [0.3, 0.4) is 0 Å². The molecule has 0 radical (unpaired) electrons. The van der Waals surface area contributed by atoms with Gasteiger partial charge in [-0.15, -0.1) is 17.9 Å². The molecule has 0 amide bonds. The molecule has 4 heterocycles. The molecule has 5 rings (SSSR count). The lowest BCUT2D eigenvalue weighted by molar-refractivity contribution is 0.0564. The lowest BCUT2D eigenvalue weighted by atomic mass is 9.90. The van der Waals surface area contributed by atoms with Crippen LogP contribution in [0, 0.1) is 5.82 Å². The van der Waals surface area contributed by atoms with Crippen LogP contribution in [0.2, 0.25) is 5.02 Å². The monoisotopic (exact) mass is 533 g/mol. The highest BCUT2D eigenvalue weighted by molar-refractivity contribution is 7.11. The van der Waals surface area contributed by atoms with Crippen molar-refractivity contribution >= 4 is 34.3 Å². The number of fused-ring (bicyclic) bond motifs is 1. The molecule has 3 N–H and O–H groups in total. The summed E-state index contributed by atoms with van der Waals surface area (Å²) in [6.45, 7) is 2.44. The van der Waals surface area contributed by atoms with Crippen molar-refractivity contribution in [3.63, 3.8) is 0 Å². The summed E-state index contributed by atoms with van der Waals surface area (Å²) in [6.07, 6.45) is 5.08. The molecule has 1 saturated heterocycles. The highest BCUT2D eigenvalue weighted by atomic mass is 35.5. The second-order valence-electron chi connectivity index (χ2n) is 8.72. The molecule has 0 saturated carbocycles. The van der Waals surface area contributed by atoms with E-state index in [1.165, 1.54) is 35.7 Å². The maximum Gasteiger partial charge on any atom is 0.333 e. The Labute approximate surface area is 214 Å². The molecule has 7 nitrogen and oxygen atoms in total. The zero-order valence-electron chi connectivity index (χ0n) is 19.0. The third kappa shape index (κ3) is 4.59. The van der Waals surface area contributed by atoms with Crippen LogP contribution in [0.5, 0.6) is 0 Å². The maximum absolute atomic E-state index is 13.9. The number of nitrogens with two attached hydrogens (primary N) is 1. The van der Waals surface area contributed by atoms with Gasteiger partial charge in [-0.05, 0) is 18.2 Å². The summed E-state index contributed by atoms with van der Waals surface area (Å²) in [5.41, 5.74) is 8.39. The van der Waals surface area contributed by atoms with Crippen molar-refractivity contribution in [2.75, 3.05) is 19.6 Å². The number of nitrogens with zero attached hydrogens (tertiary/aromatic N) is 5. The molecule has 2 aliphatic heterocycles. The molecule has 188 valence electrons. The van der Waals surface area contributed by atoms with Gasteiger partial charge in [-0.1, -0.05) is 23.7 Å². The quantitative estimate of drug-likeness (QED) is 0.326. The summed E-state index contributed by atoms with van der Waals surface area (Å²) in [5, 5.41) is 10.1. The van der Waals surface area contributed by atoms with Gasteiger partial charge in [-0.3, -0.25) is 4.99 Å². The third-order valence-electron chi connectivity index (χ3n) is 6.14. The van der Waals surface area contributed by atoms with Gasteiger partial charge in [-0.25, -0.2) is 14.1 Å². The van der Waals surface area contributed by atoms with E-state index in [4.69, 9.17) is 22.3 Å². The fourth-order valence-corrected chi connectivity index (χ4v) is 5.54. The normalized spacial score (nSPS) is 21.8. The van der Waals surface area contributed by atoms with Crippen molar-refractivity contribution in [1.29, 1.82) is 0 Å². The Morgan fingerprint density at radius 1 is 1.36 bits per heavy atom. The minimum Gasteiger partial charge on any atom is -0.325 e. The Hall–Kier alpha value is -2.99. The molecule has 0 bridgehead atoms. The van der Waals surface area contributed by atoms with Gasteiger partial charge in [0.1, 0.15) is 11.9 Å². The Balaban J connectivity index is 1.70. The lowest BCUT2D eigenvalue weighted by Gasteiger charge is -2.32. The van der Waals surface area contributed by atoms with Gasteiger partial charge in [0, 0.05) is 65.7 Å². The van der Waals surface area contributed by atoms with Crippen molar-refractivity contribution in [2.45, 2.75) is 24.6 Å². The van der Waals surface area contributed by atoms with Crippen molar-refractivity contribution in [1.82, 2.24) is 25.0 Å². The van der Waals surface area contributed by atoms with E-state index in [2.05, 4.69) is 22.0 Å². The molecule has 12 heteroatoms. The molecule has 0 unspecified atom stereocenters. The number of rotatable bonds is 8. The number of hydrogen-bond acceptors (Lipinski definition) is 7. The largest absolute Gasteiger partial charge is 0.333 e. The molecule has 2 aromatic heterocycles. The van der Waals surface area contributed by atoms with Crippen LogP contribution in [-0.2, 0) is 0 Å². The molecule has 3 aromatic rings. The number of nitrogens with one attached hydrogen (secondary N) is 1. The van der Waals surface area contributed by atoms with E-state index in [1.54, 1.807) is 18.3 Å². The number of halogens is 4. The first-order valence-electron chi connectivity index (χ1n) is 11.2. The molecule has 0 aliphatic carbocycles. The van der Waals surface area contributed by atoms with Crippen LogP contribution in [0.25, 0.3) is 5.57 Å². The summed E-state index contributed by atoms with van der Waals surface area (Å²) in [5.74, 6) is 0.107. The Morgan fingerprint density at radius 3 is 2.86 bits per heavy atom. The smallest absolute Gasteiger partial charge is 0.325 e. The van der Waals surface area contributed by atoms with Crippen LogP contribution in [0.15, 0.2) is 65.4 Å². The molecule has 2 atom stereocenters. The summed E-state index contributed by atoms with van der Waals surface area (Å²) >= 11 is 7.90. The van der Waals surface area contributed by atoms with E-state index in [-0.39, 0.29) is 5.02 Å². The summed E-state index contributed by atoms with van der Waals surface area (Å²) < 4.78 is 41.4.